The molecular formula is C19H23F3N2O. The lowest BCUT2D eigenvalue weighted by Gasteiger charge is -2.21. The van der Waals surface area contributed by atoms with Crippen molar-refractivity contribution in [2.24, 2.45) is 17.8 Å². The van der Waals surface area contributed by atoms with Crippen LogP contribution in [-0.2, 0) is 11.0 Å². The average molecular weight is 352 g/mol. The van der Waals surface area contributed by atoms with E-state index in [9.17, 15) is 18.0 Å². The van der Waals surface area contributed by atoms with Gasteiger partial charge in [0.1, 0.15) is 0 Å². The number of halogens is 3. The van der Waals surface area contributed by atoms with Crippen LogP contribution in [0.2, 0.25) is 0 Å². The molecule has 3 aliphatic rings. The third kappa shape index (κ3) is 3.41. The number of rotatable bonds is 2. The molecule has 3 fully saturated rings. The Morgan fingerprint density at radius 1 is 1.12 bits per heavy atom. The zero-order chi connectivity index (χ0) is 17.6. The summed E-state index contributed by atoms with van der Waals surface area (Å²) in [5.74, 6) is 1.27. The monoisotopic (exact) mass is 352 g/mol. The van der Waals surface area contributed by atoms with Gasteiger partial charge in [-0.1, -0.05) is 18.2 Å². The summed E-state index contributed by atoms with van der Waals surface area (Å²) in [6, 6.07) is 5.45. The Morgan fingerprint density at radius 2 is 1.80 bits per heavy atom. The number of alkyl halides is 3. The first-order valence-electron chi connectivity index (χ1n) is 9.10. The van der Waals surface area contributed by atoms with Crippen LogP contribution in [0.15, 0.2) is 24.3 Å². The number of likely N-dealkylation sites (tertiary alicyclic amines) is 1. The van der Waals surface area contributed by atoms with Gasteiger partial charge < -0.3 is 10.2 Å². The highest BCUT2D eigenvalue weighted by Gasteiger charge is 2.47. The smallest absolute Gasteiger partial charge is 0.342 e. The molecule has 1 aromatic carbocycles. The standard InChI is InChI=1S/C19H23F3N2O/c20-19(21,22)15-3-1-2-12(8-15)16-9-17(16)18(25)24-6-4-13-10-23-11-14(13)5-7-24/h1-3,8,13-14,16-17,23H,4-7,9-11H2/t13-,14+,16?,17?. The Bertz CT molecular complexity index is 646. The van der Waals surface area contributed by atoms with Gasteiger partial charge in [-0.25, -0.2) is 0 Å². The number of nitrogens with one attached hydrogen (secondary N) is 1. The van der Waals surface area contributed by atoms with E-state index >= 15 is 0 Å². The van der Waals surface area contributed by atoms with Crippen LogP contribution in [0.1, 0.15) is 36.3 Å². The third-order valence-electron chi connectivity index (χ3n) is 6.08. The maximum atomic E-state index is 12.9. The second-order valence-electron chi connectivity index (χ2n) is 7.65. The van der Waals surface area contributed by atoms with Gasteiger partial charge in [-0.2, -0.15) is 13.2 Å². The fraction of sp³-hybridized carbons (Fsp3) is 0.632. The molecule has 25 heavy (non-hydrogen) atoms. The highest BCUT2D eigenvalue weighted by molar-refractivity contribution is 5.83. The quantitative estimate of drug-likeness (QED) is 0.886. The van der Waals surface area contributed by atoms with Crippen molar-refractivity contribution in [2.75, 3.05) is 26.2 Å². The zero-order valence-electron chi connectivity index (χ0n) is 14.1. The van der Waals surface area contributed by atoms with Gasteiger partial charge in [0.2, 0.25) is 5.91 Å². The Balaban J connectivity index is 1.40. The Labute approximate surface area is 145 Å². The second-order valence-corrected chi connectivity index (χ2v) is 7.65. The van der Waals surface area contributed by atoms with Gasteiger partial charge in [0.15, 0.2) is 0 Å². The lowest BCUT2D eigenvalue weighted by molar-refractivity contribution is -0.137. The zero-order valence-corrected chi connectivity index (χ0v) is 14.1. The highest BCUT2D eigenvalue weighted by atomic mass is 19.4. The topological polar surface area (TPSA) is 32.3 Å². The van der Waals surface area contributed by atoms with Gasteiger partial charge in [-0.3, -0.25) is 4.79 Å². The van der Waals surface area contributed by atoms with Gasteiger partial charge in [0.25, 0.3) is 0 Å². The van der Waals surface area contributed by atoms with Gasteiger partial charge in [-0.05, 0) is 61.7 Å². The normalized spacial score (nSPS) is 32.2. The number of benzene rings is 1. The molecule has 1 saturated carbocycles. The predicted octanol–water partition coefficient (Wildman–Crippen LogP) is 3.27. The summed E-state index contributed by atoms with van der Waals surface area (Å²) in [5, 5.41) is 3.42. The van der Waals surface area contributed by atoms with Crippen LogP contribution in [-0.4, -0.2) is 37.0 Å². The maximum Gasteiger partial charge on any atom is 0.416 e. The van der Waals surface area contributed by atoms with Gasteiger partial charge in [0, 0.05) is 19.0 Å². The minimum absolute atomic E-state index is 0.0563. The summed E-state index contributed by atoms with van der Waals surface area (Å²) in [6.07, 6.45) is -1.60. The summed E-state index contributed by atoms with van der Waals surface area (Å²) in [6.45, 7) is 3.66. The molecule has 4 rings (SSSR count). The molecule has 1 N–H and O–H groups in total. The molecular weight excluding hydrogens is 329 g/mol. The van der Waals surface area contributed by atoms with Crippen molar-refractivity contribution in [3.63, 3.8) is 0 Å². The number of hydrogen-bond acceptors (Lipinski definition) is 2. The van der Waals surface area contributed by atoms with E-state index in [0.717, 1.165) is 45.1 Å². The van der Waals surface area contributed by atoms with Crippen LogP contribution in [0.4, 0.5) is 13.2 Å². The fourth-order valence-corrected chi connectivity index (χ4v) is 4.45. The lowest BCUT2D eigenvalue weighted by atomic mass is 9.92. The molecule has 1 aromatic rings. The SMILES string of the molecule is O=C(C1CC1c1cccc(C(F)(F)F)c1)N1CC[C@@H]2CNC[C@@H]2CC1. The van der Waals surface area contributed by atoms with Crippen molar-refractivity contribution in [3.8, 4) is 0 Å². The molecule has 0 radical (unpaired) electrons. The van der Waals surface area contributed by atoms with Crippen LogP contribution in [0.25, 0.3) is 0 Å². The first-order valence-corrected chi connectivity index (χ1v) is 9.10. The molecule has 3 nitrogen and oxygen atoms in total. The van der Waals surface area contributed by atoms with Crippen LogP contribution in [0.5, 0.6) is 0 Å². The molecule has 0 spiro atoms. The lowest BCUT2D eigenvalue weighted by Crippen LogP contribution is -2.34. The van der Waals surface area contributed by atoms with Crippen LogP contribution >= 0.6 is 0 Å². The summed E-state index contributed by atoms with van der Waals surface area (Å²) < 4.78 is 38.6. The van der Waals surface area contributed by atoms with Crippen molar-refractivity contribution in [3.05, 3.63) is 35.4 Å². The summed E-state index contributed by atoms with van der Waals surface area (Å²) in [7, 11) is 0. The second kappa shape index (κ2) is 6.31. The van der Waals surface area contributed by atoms with Crippen molar-refractivity contribution in [2.45, 2.75) is 31.4 Å². The summed E-state index contributed by atoms with van der Waals surface area (Å²) >= 11 is 0. The molecule has 1 aliphatic carbocycles. The van der Waals surface area contributed by atoms with E-state index in [1.807, 2.05) is 4.90 Å². The van der Waals surface area contributed by atoms with Crippen LogP contribution < -0.4 is 5.32 Å². The van der Waals surface area contributed by atoms with E-state index in [4.69, 9.17) is 0 Å². The van der Waals surface area contributed by atoms with E-state index in [2.05, 4.69) is 5.32 Å². The highest BCUT2D eigenvalue weighted by Crippen LogP contribution is 2.49. The molecule has 6 heteroatoms. The Hall–Kier alpha value is -1.56. The molecule has 2 aliphatic heterocycles. The first-order chi connectivity index (χ1) is 11.9. The molecule has 2 heterocycles. The van der Waals surface area contributed by atoms with Crippen molar-refractivity contribution in [1.29, 1.82) is 0 Å². The van der Waals surface area contributed by atoms with E-state index in [0.29, 0.717) is 23.8 Å². The van der Waals surface area contributed by atoms with E-state index < -0.39 is 11.7 Å². The number of amides is 1. The van der Waals surface area contributed by atoms with Gasteiger partial charge in [0.05, 0.1) is 5.56 Å². The average Bonchev–Trinajstić information content (AvgIpc) is 3.31. The number of fused-ring (bicyclic) bond motifs is 1. The molecule has 0 aromatic heterocycles. The number of carbonyl (C=O) groups is 1. The van der Waals surface area contributed by atoms with E-state index in [1.54, 1.807) is 6.07 Å². The largest absolute Gasteiger partial charge is 0.416 e. The molecule has 2 saturated heterocycles. The molecule has 136 valence electrons. The minimum atomic E-state index is -4.33. The van der Waals surface area contributed by atoms with Crippen molar-refractivity contribution < 1.29 is 18.0 Å². The molecule has 4 atom stereocenters. The van der Waals surface area contributed by atoms with E-state index in [1.165, 1.54) is 12.1 Å². The van der Waals surface area contributed by atoms with Gasteiger partial charge >= 0.3 is 6.18 Å². The Morgan fingerprint density at radius 3 is 2.44 bits per heavy atom. The number of nitrogens with zero attached hydrogens (tertiary/aromatic N) is 1. The van der Waals surface area contributed by atoms with Crippen LogP contribution in [0, 0.1) is 17.8 Å². The Kier molecular flexibility index (Phi) is 4.26. The van der Waals surface area contributed by atoms with Gasteiger partial charge in [-0.15, -0.1) is 0 Å². The fourth-order valence-electron chi connectivity index (χ4n) is 4.45. The maximum absolute atomic E-state index is 12.9. The van der Waals surface area contributed by atoms with Crippen molar-refractivity contribution in [1.82, 2.24) is 10.2 Å². The number of hydrogen-bond donors (Lipinski definition) is 1. The summed E-state index contributed by atoms with van der Waals surface area (Å²) in [5.41, 5.74) is 0.0160. The molecule has 2 unspecified atom stereocenters. The number of carbonyl (C=O) groups excluding carboxylic acids is 1. The van der Waals surface area contributed by atoms with Crippen LogP contribution in [0.3, 0.4) is 0 Å². The minimum Gasteiger partial charge on any atom is -0.342 e. The molecule has 1 amide bonds. The first kappa shape index (κ1) is 16.9. The van der Waals surface area contributed by atoms with E-state index in [-0.39, 0.29) is 17.7 Å². The molecule has 0 bridgehead atoms. The predicted molar refractivity (Wildman–Crippen MR) is 88.0 cm³/mol. The van der Waals surface area contributed by atoms with Crippen molar-refractivity contribution >= 4 is 5.91 Å². The third-order valence-corrected chi connectivity index (χ3v) is 6.08. The summed E-state index contributed by atoms with van der Waals surface area (Å²) in [4.78, 5) is 14.7.